The lowest BCUT2D eigenvalue weighted by Crippen LogP contribution is -2.49. The van der Waals surface area contributed by atoms with Crippen LogP contribution in [0.5, 0.6) is 0 Å². The minimum Gasteiger partial charge on any atom is -0.464 e. The van der Waals surface area contributed by atoms with Gasteiger partial charge in [-0.05, 0) is 26.0 Å². The number of ether oxygens (including phenoxy) is 1. The Labute approximate surface area is 133 Å². The Kier molecular flexibility index (Phi) is 3.90. The summed E-state index contributed by atoms with van der Waals surface area (Å²) >= 11 is 0. The number of esters is 1. The fourth-order valence-electron chi connectivity index (χ4n) is 2.52. The van der Waals surface area contributed by atoms with Gasteiger partial charge in [0.05, 0.1) is 18.7 Å². The number of benzene rings is 1. The third-order valence-electron chi connectivity index (χ3n) is 3.94. The van der Waals surface area contributed by atoms with Gasteiger partial charge in [-0.2, -0.15) is 0 Å². The van der Waals surface area contributed by atoms with Crippen molar-refractivity contribution < 1.29 is 18.7 Å². The van der Waals surface area contributed by atoms with Gasteiger partial charge >= 0.3 is 5.97 Å². The lowest BCUT2D eigenvalue weighted by molar-refractivity contribution is -0.145. The van der Waals surface area contributed by atoms with E-state index in [9.17, 15) is 9.59 Å². The van der Waals surface area contributed by atoms with Crippen molar-refractivity contribution in [2.45, 2.75) is 32.2 Å². The first-order valence-electron chi connectivity index (χ1n) is 7.48. The van der Waals surface area contributed by atoms with Crippen molar-refractivity contribution in [1.82, 2.24) is 10.3 Å². The van der Waals surface area contributed by atoms with E-state index in [0.717, 1.165) is 5.56 Å². The van der Waals surface area contributed by atoms with E-state index < -0.39 is 11.5 Å². The molecular formula is C17H18N2O4. The van der Waals surface area contributed by atoms with Crippen molar-refractivity contribution in [3.63, 3.8) is 0 Å². The SMILES string of the molecule is Cc1nc(-c2ccccc2)oc1CC(=O)N[C@@]1(C)CCOC1=O. The fourth-order valence-corrected chi connectivity index (χ4v) is 2.52. The van der Waals surface area contributed by atoms with Gasteiger partial charge in [-0.3, -0.25) is 4.79 Å². The molecule has 6 nitrogen and oxygen atoms in total. The standard InChI is InChI=1S/C17H18N2O4/c1-11-13(23-15(18-11)12-6-4-3-5-7-12)10-14(20)19-17(2)8-9-22-16(17)21/h3-7H,8-10H2,1-2H3,(H,19,20)/t17-/m0/s1. The third-order valence-corrected chi connectivity index (χ3v) is 3.94. The third kappa shape index (κ3) is 3.11. The molecule has 1 aromatic heterocycles. The molecule has 2 aromatic rings. The highest BCUT2D eigenvalue weighted by atomic mass is 16.5. The van der Waals surface area contributed by atoms with Crippen LogP contribution >= 0.6 is 0 Å². The van der Waals surface area contributed by atoms with E-state index in [2.05, 4.69) is 10.3 Å². The van der Waals surface area contributed by atoms with Gasteiger partial charge in [0, 0.05) is 12.0 Å². The van der Waals surface area contributed by atoms with Crippen molar-refractivity contribution in [2.24, 2.45) is 0 Å². The molecule has 1 saturated heterocycles. The van der Waals surface area contributed by atoms with E-state index in [1.165, 1.54) is 0 Å². The second-order valence-corrected chi connectivity index (χ2v) is 5.84. The Morgan fingerprint density at radius 3 is 2.74 bits per heavy atom. The number of aryl methyl sites for hydroxylation is 1. The molecule has 1 aromatic carbocycles. The maximum absolute atomic E-state index is 12.2. The zero-order chi connectivity index (χ0) is 16.4. The Morgan fingerprint density at radius 2 is 2.09 bits per heavy atom. The summed E-state index contributed by atoms with van der Waals surface area (Å²) in [5, 5.41) is 2.73. The number of carbonyl (C=O) groups is 2. The largest absolute Gasteiger partial charge is 0.464 e. The summed E-state index contributed by atoms with van der Waals surface area (Å²) in [6.07, 6.45) is 0.511. The highest BCUT2D eigenvalue weighted by Crippen LogP contribution is 2.23. The number of cyclic esters (lactones) is 1. The normalized spacial score (nSPS) is 20.3. The number of nitrogens with one attached hydrogen (secondary N) is 1. The van der Waals surface area contributed by atoms with Gasteiger partial charge in [0.1, 0.15) is 11.3 Å². The molecule has 6 heteroatoms. The highest BCUT2D eigenvalue weighted by Gasteiger charge is 2.41. The first-order chi connectivity index (χ1) is 11.0. The Balaban J connectivity index is 1.72. The molecule has 1 aliphatic rings. The molecule has 3 rings (SSSR count). The Hall–Kier alpha value is -2.63. The van der Waals surface area contributed by atoms with Crippen LogP contribution in [0.25, 0.3) is 11.5 Å². The minimum atomic E-state index is -0.951. The number of hydrogen-bond acceptors (Lipinski definition) is 5. The molecule has 1 fully saturated rings. The van der Waals surface area contributed by atoms with Crippen LogP contribution in [0, 0.1) is 6.92 Å². The molecule has 0 saturated carbocycles. The fraction of sp³-hybridized carbons (Fsp3) is 0.353. The van der Waals surface area contributed by atoms with Crippen LogP contribution in [0.4, 0.5) is 0 Å². The van der Waals surface area contributed by atoms with Crippen LogP contribution in [-0.4, -0.2) is 29.0 Å². The summed E-state index contributed by atoms with van der Waals surface area (Å²) in [5.41, 5.74) is 0.569. The van der Waals surface area contributed by atoms with Crippen molar-refractivity contribution >= 4 is 11.9 Å². The molecule has 0 bridgehead atoms. The minimum absolute atomic E-state index is 0.0362. The smallest absolute Gasteiger partial charge is 0.331 e. The van der Waals surface area contributed by atoms with E-state index in [1.807, 2.05) is 30.3 Å². The molecule has 120 valence electrons. The number of carbonyl (C=O) groups excluding carboxylic acids is 2. The summed E-state index contributed by atoms with van der Waals surface area (Å²) in [5.74, 6) is 0.295. The lowest BCUT2D eigenvalue weighted by Gasteiger charge is -2.20. The lowest BCUT2D eigenvalue weighted by atomic mass is 10.0. The molecule has 0 unspecified atom stereocenters. The second-order valence-electron chi connectivity index (χ2n) is 5.84. The maximum Gasteiger partial charge on any atom is 0.331 e. The van der Waals surface area contributed by atoms with Crippen molar-refractivity contribution in [2.75, 3.05) is 6.61 Å². The maximum atomic E-state index is 12.2. The molecule has 1 amide bonds. The molecule has 0 spiro atoms. The summed E-state index contributed by atoms with van der Waals surface area (Å²) in [7, 11) is 0. The van der Waals surface area contributed by atoms with Crippen molar-refractivity contribution in [1.29, 1.82) is 0 Å². The summed E-state index contributed by atoms with van der Waals surface area (Å²) in [6, 6.07) is 9.49. The predicted molar refractivity (Wildman–Crippen MR) is 82.5 cm³/mol. The van der Waals surface area contributed by atoms with Crippen LogP contribution in [0.1, 0.15) is 24.8 Å². The molecule has 23 heavy (non-hydrogen) atoms. The van der Waals surface area contributed by atoms with E-state index in [-0.39, 0.29) is 12.3 Å². The van der Waals surface area contributed by atoms with Crippen LogP contribution in [-0.2, 0) is 20.7 Å². The van der Waals surface area contributed by atoms with Gasteiger partial charge in [-0.25, -0.2) is 9.78 Å². The quantitative estimate of drug-likeness (QED) is 0.873. The number of amides is 1. The Morgan fingerprint density at radius 1 is 1.35 bits per heavy atom. The molecule has 1 atom stereocenters. The molecule has 1 aliphatic heterocycles. The first-order valence-corrected chi connectivity index (χ1v) is 7.48. The van der Waals surface area contributed by atoms with Crippen LogP contribution in [0.15, 0.2) is 34.7 Å². The van der Waals surface area contributed by atoms with Gasteiger partial charge in [-0.15, -0.1) is 0 Å². The van der Waals surface area contributed by atoms with Gasteiger partial charge in [-0.1, -0.05) is 18.2 Å². The summed E-state index contributed by atoms with van der Waals surface area (Å²) < 4.78 is 10.6. The van der Waals surface area contributed by atoms with E-state index >= 15 is 0 Å². The van der Waals surface area contributed by atoms with Gasteiger partial charge in [0.25, 0.3) is 0 Å². The number of hydrogen-bond donors (Lipinski definition) is 1. The topological polar surface area (TPSA) is 81.4 Å². The number of aromatic nitrogens is 1. The Bertz CT molecular complexity index is 738. The molecular weight excluding hydrogens is 296 g/mol. The number of rotatable bonds is 4. The molecule has 0 aliphatic carbocycles. The van der Waals surface area contributed by atoms with Crippen LogP contribution < -0.4 is 5.32 Å². The van der Waals surface area contributed by atoms with Crippen LogP contribution in [0.3, 0.4) is 0 Å². The second kappa shape index (κ2) is 5.87. The van der Waals surface area contributed by atoms with E-state index in [4.69, 9.17) is 9.15 Å². The molecule has 0 radical (unpaired) electrons. The zero-order valence-electron chi connectivity index (χ0n) is 13.1. The van der Waals surface area contributed by atoms with Crippen LogP contribution in [0.2, 0.25) is 0 Å². The zero-order valence-corrected chi connectivity index (χ0v) is 13.1. The average molecular weight is 314 g/mol. The predicted octanol–water partition coefficient (Wildman–Crippen LogP) is 2.01. The average Bonchev–Trinajstić information content (AvgIpc) is 3.04. The van der Waals surface area contributed by atoms with Gasteiger partial charge < -0.3 is 14.5 Å². The van der Waals surface area contributed by atoms with E-state index in [1.54, 1.807) is 13.8 Å². The monoisotopic (exact) mass is 314 g/mol. The summed E-state index contributed by atoms with van der Waals surface area (Å²) in [4.78, 5) is 28.2. The summed E-state index contributed by atoms with van der Waals surface area (Å²) in [6.45, 7) is 3.79. The highest BCUT2D eigenvalue weighted by molar-refractivity contribution is 5.89. The number of oxazole rings is 1. The first kappa shape index (κ1) is 15.3. The van der Waals surface area contributed by atoms with Crippen molar-refractivity contribution in [3.8, 4) is 11.5 Å². The van der Waals surface area contributed by atoms with Gasteiger partial charge in [0.15, 0.2) is 0 Å². The van der Waals surface area contributed by atoms with Crippen molar-refractivity contribution in [3.05, 3.63) is 41.8 Å². The van der Waals surface area contributed by atoms with E-state index in [0.29, 0.717) is 30.4 Å². The molecule has 2 heterocycles. The number of nitrogens with zero attached hydrogens (tertiary/aromatic N) is 1. The van der Waals surface area contributed by atoms with Gasteiger partial charge in [0.2, 0.25) is 11.8 Å². The molecule has 1 N–H and O–H groups in total.